The molecule has 134 valence electrons. The topological polar surface area (TPSA) is 75.2 Å². The second kappa shape index (κ2) is 8.09. The molecule has 1 aromatic heterocycles. The molecule has 5 nitrogen and oxygen atoms in total. The molecule has 26 heavy (non-hydrogen) atoms. The number of phenols is 1. The third-order valence-corrected chi connectivity index (χ3v) is 4.84. The molecular formula is C19H16ClIN2O3. The Labute approximate surface area is 169 Å². The molecule has 0 radical (unpaired) electrons. The maximum Gasteiger partial charge on any atom is 0.163 e. The normalized spacial score (nSPS) is 10.7. The monoisotopic (exact) mass is 482 g/mol. The smallest absolute Gasteiger partial charge is 0.163 e. The van der Waals surface area contributed by atoms with E-state index in [2.05, 4.69) is 44.9 Å². The maximum absolute atomic E-state index is 11.4. The third-order valence-electron chi connectivity index (χ3n) is 3.80. The van der Waals surface area contributed by atoms with Crippen molar-refractivity contribution in [3.05, 3.63) is 73.6 Å². The van der Waals surface area contributed by atoms with Crippen LogP contribution in [-0.2, 0) is 13.0 Å². The summed E-state index contributed by atoms with van der Waals surface area (Å²) in [5, 5.41) is 17.2. The lowest BCUT2D eigenvalue weighted by Crippen LogP contribution is -1.99. The van der Waals surface area contributed by atoms with E-state index in [9.17, 15) is 9.90 Å². The van der Waals surface area contributed by atoms with Gasteiger partial charge in [0.05, 0.1) is 17.0 Å². The summed E-state index contributed by atoms with van der Waals surface area (Å²) in [6.07, 6.45) is 0.724. The molecule has 0 atom stereocenters. The summed E-state index contributed by atoms with van der Waals surface area (Å²) < 4.78 is 6.83. The van der Waals surface area contributed by atoms with Gasteiger partial charge in [-0.2, -0.15) is 5.10 Å². The Kier molecular flexibility index (Phi) is 5.83. The minimum Gasteiger partial charge on any atom is -0.505 e. The summed E-state index contributed by atoms with van der Waals surface area (Å²) >= 11 is 8.37. The van der Waals surface area contributed by atoms with Crippen molar-refractivity contribution >= 4 is 40.0 Å². The standard InChI is InChI=1S/C19H16ClIN2O3/c1-11(24)16-5-6-17(18(20)19(16)25)26-10-15-9-14(22-23-15)8-12-3-2-4-13(21)7-12/h2-7,9,25H,8,10H2,1H3,(H,22,23). The van der Waals surface area contributed by atoms with Gasteiger partial charge in [0.25, 0.3) is 0 Å². The molecule has 0 aliphatic carbocycles. The molecule has 2 aromatic carbocycles. The highest BCUT2D eigenvalue weighted by atomic mass is 127. The van der Waals surface area contributed by atoms with Crippen molar-refractivity contribution in [1.82, 2.24) is 10.2 Å². The number of ketones is 1. The lowest BCUT2D eigenvalue weighted by molar-refractivity contribution is 0.101. The number of phenolic OH excluding ortho intramolecular Hbond substituents is 1. The average Bonchev–Trinajstić information content (AvgIpc) is 3.03. The van der Waals surface area contributed by atoms with Crippen LogP contribution in [-0.4, -0.2) is 21.1 Å². The largest absolute Gasteiger partial charge is 0.505 e. The Hall–Kier alpha value is -2.06. The van der Waals surface area contributed by atoms with E-state index < -0.39 is 0 Å². The van der Waals surface area contributed by atoms with E-state index in [1.807, 2.05) is 18.2 Å². The van der Waals surface area contributed by atoms with Crippen molar-refractivity contribution in [3.63, 3.8) is 0 Å². The van der Waals surface area contributed by atoms with Crippen LogP contribution in [0.4, 0.5) is 0 Å². The van der Waals surface area contributed by atoms with E-state index in [1.54, 1.807) is 6.07 Å². The van der Waals surface area contributed by atoms with E-state index in [0.29, 0.717) is 5.75 Å². The first kappa shape index (κ1) is 18.7. The van der Waals surface area contributed by atoms with E-state index in [-0.39, 0.29) is 28.7 Å². The fourth-order valence-corrected chi connectivity index (χ4v) is 3.35. The first-order valence-corrected chi connectivity index (χ1v) is 9.32. The fourth-order valence-electron chi connectivity index (χ4n) is 2.53. The molecule has 0 saturated carbocycles. The predicted molar refractivity (Wildman–Crippen MR) is 108 cm³/mol. The van der Waals surface area contributed by atoms with Crippen molar-refractivity contribution in [2.75, 3.05) is 0 Å². The van der Waals surface area contributed by atoms with E-state index in [4.69, 9.17) is 16.3 Å². The van der Waals surface area contributed by atoms with Gasteiger partial charge in [0.2, 0.25) is 0 Å². The Bertz CT molecular complexity index is 956. The number of rotatable bonds is 6. The van der Waals surface area contributed by atoms with Crippen molar-refractivity contribution in [1.29, 1.82) is 0 Å². The second-order valence-electron chi connectivity index (χ2n) is 5.81. The summed E-state index contributed by atoms with van der Waals surface area (Å²) in [5.41, 5.74) is 3.05. The molecule has 0 aliphatic heterocycles. The zero-order valence-corrected chi connectivity index (χ0v) is 16.8. The van der Waals surface area contributed by atoms with Gasteiger partial charge in [-0.25, -0.2) is 0 Å². The highest BCUT2D eigenvalue weighted by Crippen LogP contribution is 2.36. The van der Waals surface area contributed by atoms with Gasteiger partial charge in [-0.1, -0.05) is 23.7 Å². The SMILES string of the molecule is CC(=O)c1ccc(OCc2cc(Cc3cccc(I)c3)n[nH]2)c(Cl)c1O. The van der Waals surface area contributed by atoms with Gasteiger partial charge < -0.3 is 9.84 Å². The number of carbonyl (C=O) groups excluding carboxylic acids is 1. The van der Waals surface area contributed by atoms with Crippen molar-refractivity contribution < 1.29 is 14.6 Å². The summed E-state index contributed by atoms with van der Waals surface area (Å²) in [6, 6.07) is 13.2. The number of nitrogens with one attached hydrogen (secondary N) is 1. The summed E-state index contributed by atoms with van der Waals surface area (Å²) in [6.45, 7) is 1.59. The summed E-state index contributed by atoms with van der Waals surface area (Å²) in [7, 11) is 0. The molecule has 2 N–H and O–H groups in total. The first-order valence-electron chi connectivity index (χ1n) is 7.87. The summed E-state index contributed by atoms with van der Waals surface area (Å²) in [4.78, 5) is 11.4. The summed E-state index contributed by atoms with van der Waals surface area (Å²) in [5.74, 6) is -0.215. The molecule has 0 saturated heterocycles. The van der Waals surface area contributed by atoms with E-state index in [0.717, 1.165) is 17.8 Å². The number of H-pyrrole nitrogens is 1. The van der Waals surface area contributed by atoms with Crippen LogP contribution in [0.2, 0.25) is 5.02 Å². The molecule has 0 aliphatic rings. The highest BCUT2D eigenvalue weighted by Gasteiger charge is 2.15. The molecule has 0 unspecified atom stereocenters. The molecule has 0 fully saturated rings. The average molecular weight is 483 g/mol. The van der Waals surface area contributed by atoms with Gasteiger partial charge in [0, 0.05) is 9.99 Å². The molecule has 0 amide bonds. The van der Waals surface area contributed by atoms with Gasteiger partial charge in [-0.3, -0.25) is 9.89 Å². The Balaban J connectivity index is 1.67. The second-order valence-corrected chi connectivity index (χ2v) is 7.43. The zero-order chi connectivity index (χ0) is 18.7. The van der Waals surface area contributed by atoms with Gasteiger partial charge in [-0.05, 0) is 65.4 Å². The van der Waals surface area contributed by atoms with Gasteiger partial charge >= 0.3 is 0 Å². The minimum absolute atomic E-state index is 0.0244. The highest BCUT2D eigenvalue weighted by molar-refractivity contribution is 14.1. The first-order chi connectivity index (χ1) is 12.4. The van der Waals surface area contributed by atoms with Crippen LogP contribution in [0, 0.1) is 3.57 Å². The lowest BCUT2D eigenvalue weighted by Gasteiger charge is -2.10. The maximum atomic E-state index is 11.4. The number of halogens is 2. The van der Waals surface area contributed by atoms with Crippen LogP contribution < -0.4 is 4.74 Å². The van der Waals surface area contributed by atoms with Gasteiger partial charge in [0.15, 0.2) is 5.78 Å². The molecule has 1 heterocycles. The van der Waals surface area contributed by atoms with Crippen LogP contribution in [0.1, 0.15) is 34.2 Å². The number of aromatic hydroxyl groups is 1. The minimum atomic E-state index is -0.263. The number of ether oxygens (including phenoxy) is 1. The number of benzene rings is 2. The molecule has 0 bridgehead atoms. The zero-order valence-electron chi connectivity index (χ0n) is 13.9. The fraction of sp³-hybridized carbons (Fsp3) is 0.158. The van der Waals surface area contributed by atoms with Gasteiger partial charge in [-0.15, -0.1) is 0 Å². The molecule has 0 spiro atoms. The van der Waals surface area contributed by atoms with E-state index >= 15 is 0 Å². The molecule has 3 rings (SSSR count). The Morgan fingerprint density at radius 3 is 2.85 bits per heavy atom. The van der Waals surface area contributed by atoms with Crippen LogP contribution in [0.25, 0.3) is 0 Å². The number of nitrogens with zero attached hydrogens (tertiary/aromatic N) is 1. The number of carbonyl (C=O) groups is 1. The quantitative estimate of drug-likeness (QED) is 0.393. The number of aromatic amines is 1. The predicted octanol–water partition coefficient (Wildman–Crippen LogP) is 4.75. The van der Waals surface area contributed by atoms with Gasteiger partial charge in [0.1, 0.15) is 23.1 Å². The number of aromatic nitrogens is 2. The third kappa shape index (κ3) is 4.37. The lowest BCUT2D eigenvalue weighted by atomic mass is 10.1. The van der Waals surface area contributed by atoms with Crippen LogP contribution in [0.5, 0.6) is 11.5 Å². The Morgan fingerprint density at radius 1 is 1.31 bits per heavy atom. The Morgan fingerprint density at radius 2 is 2.12 bits per heavy atom. The van der Waals surface area contributed by atoms with Crippen molar-refractivity contribution in [3.8, 4) is 11.5 Å². The van der Waals surface area contributed by atoms with Crippen molar-refractivity contribution in [2.45, 2.75) is 20.0 Å². The number of hydrogen-bond acceptors (Lipinski definition) is 4. The van der Waals surface area contributed by atoms with Crippen LogP contribution in [0.3, 0.4) is 0 Å². The number of hydrogen-bond donors (Lipinski definition) is 2. The number of Topliss-reactive ketones (excluding diaryl/α,β-unsaturated/α-hetero) is 1. The molecule has 7 heteroatoms. The van der Waals surface area contributed by atoms with E-state index in [1.165, 1.54) is 22.1 Å². The van der Waals surface area contributed by atoms with Crippen LogP contribution in [0.15, 0.2) is 42.5 Å². The molecular weight excluding hydrogens is 467 g/mol. The van der Waals surface area contributed by atoms with Crippen molar-refractivity contribution in [2.24, 2.45) is 0 Å². The molecule has 3 aromatic rings. The van der Waals surface area contributed by atoms with Crippen LogP contribution >= 0.6 is 34.2 Å².